The molecule has 7 rings (SSSR count). The van der Waals surface area contributed by atoms with Crippen molar-refractivity contribution >= 4 is 62.8 Å². The number of hydrogen-bond acceptors (Lipinski definition) is 7. The number of nitrogens with one attached hydrogen (secondary N) is 2. The van der Waals surface area contributed by atoms with Gasteiger partial charge in [0.15, 0.2) is 0 Å². The molecule has 0 spiro atoms. The number of Topliss-reactive ketones (excluding diaryl/α,β-unsaturated/α-hetero) is 1. The minimum Gasteiger partial charge on any atom is -0.378 e. The predicted octanol–water partition coefficient (Wildman–Crippen LogP) is 6.30. The minimum atomic E-state index is -1.13. The van der Waals surface area contributed by atoms with Gasteiger partial charge in [0.2, 0.25) is 5.91 Å². The number of amides is 3. The van der Waals surface area contributed by atoms with Crippen molar-refractivity contribution in [3.05, 3.63) is 131 Å². The zero-order valence-corrected chi connectivity index (χ0v) is 27.6. The number of fused-ring (bicyclic) bond motifs is 2. The zero-order chi connectivity index (χ0) is 34.1. The van der Waals surface area contributed by atoms with E-state index in [1.54, 1.807) is 30.5 Å². The number of para-hydroxylation sites is 2. The number of thiazole rings is 1. The topological polar surface area (TPSA) is 119 Å². The molecule has 10 nitrogen and oxygen atoms in total. The number of rotatable bonds is 10. The molecule has 3 heterocycles. The lowest BCUT2D eigenvalue weighted by molar-refractivity contribution is -0.139. The van der Waals surface area contributed by atoms with Crippen LogP contribution >= 0.6 is 11.3 Å². The third-order valence-corrected chi connectivity index (χ3v) is 9.38. The highest BCUT2D eigenvalue weighted by molar-refractivity contribution is 7.09. The first-order valence-electron chi connectivity index (χ1n) is 15.7. The van der Waals surface area contributed by atoms with Crippen LogP contribution in [0.1, 0.15) is 27.0 Å². The van der Waals surface area contributed by atoms with E-state index in [9.17, 15) is 19.2 Å². The number of anilines is 3. The van der Waals surface area contributed by atoms with Crippen LogP contribution in [0.4, 0.5) is 17.1 Å². The molecule has 2 aromatic heterocycles. The number of nitrogens with zero attached hydrogens (tertiary/aromatic N) is 4. The molecule has 6 aromatic rings. The Labute approximate surface area is 286 Å². The normalized spacial score (nSPS) is 13.0. The van der Waals surface area contributed by atoms with Crippen LogP contribution in [0, 0.1) is 0 Å². The van der Waals surface area contributed by atoms with Crippen molar-refractivity contribution in [1.82, 2.24) is 14.9 Å². The maximum atomic E-state index is 14.6. The third kappa shape index (κ3) is 6.19. The molecule has 11 heteroatoms. The standard InChI is InChI=1S/C38H32N6O4S/c1-42(2)26-18-16-25(17-19-26)40-37(47)35(29-20-39-30-14-8-6-12-27(29)30)44(21-33-41-31(23-49-33)24-10-4-3-5-11-24)34(45)22-43-32-15-9-7-13-28(32)36(46)38(43)48/h3-20,23,35,39H,21-22H2,1-2H3,(H,40,47). The largest absolute Gasteiger partial charge is 0.378 e. The highest BCUT2D eigenvalue weighted by Gasteiger charge is 2.40. The SMILES string of the molecule is CN(C)c1ccc(NC(=O)C(c2c[nH]c3ccccc23)N(Cc2nc(-c3ccccc3)cs2)C(=O)CN2C(=O)C(=O)c3ccccc32)cc1. The van der Waals surface area contributed by atoms with E-state index in [2.05, 4.69) is 10.3 Å². The summed E-state index contributed by atoms with van der Waals surface area (Å²) in [7, 11) is 3.87. The molecule has 0 radical (unpaired) electrons. The van der Waals surface area contributed by atoms with Crippen LogP contribution in [0.25, 0.3) is 22.2 Å². The molecule has 1 unspecified atom stereocenters. The second kappa shape index (κ2) is 13.2. The molecular weight excluding hydrogens is 637 g/mol. The first-order valence-corrected chi connectivity index (χ1v) is 16.5. The lowest BCUT2D eigenvalue weighted by Gasteiger charge is -2.32. The summed E-state index contributed by atoms with van der Waals surface area (Å²) in [5, 5.41) is 6.31. The summed E-state index contributed by atoms with van der Waals surface area (Å²) in [4.78, 5) is 67.8. The van der Waals surface area contributed by atoms with Gasteiger partial charge in [-0.1, -0.05) is 60.7 Å². The molecule has 2 N–H and O–H groups in total. The average Bonchev–Trinajstić information content (AvgIpc) is 3.83. The summed E-state index contributed by atoms with van der Waals surface area (Å²) in [6.45, 7) is -0.465. The molecule has 3 amide bonds. The van der Waals surface area contributed by atoms with Crippen molar-refractivity contribution < 1.29 is 19.2 Å². The fraction of sp³-hybridized carbons (Fsp3) is 0.132. The number of carbonyl (C=O) groups is 4. The number of ketones is 1. The molecule has 4 aromatic carbocycles. The van der Waals surface area contributed by atoms with Crippen LogP contribution in [0.3, 0.4) is 0 Å². The Bertz CT molecular complexity index is 2190. The molecule has 1 aliphatic heterocycles. The Morgan fingerprint density at radius 2 is 1.61 bits per heavy atom. The van der Waals surface area contributed by atoms with Crippen molar-refractivity contribution in [1.29, 1.82) is 0 Å². The van der Waals surface area contributed by atoms with Gasteiger partial charge in [-0.05, 0) is 42.5 Å². The first-order chi connectivity index (χ1) is 23.8. The van der Waals surface area contributed by atoms with Crippen LogP contribution in [-0.2, 0) is 20.9 Å². The second-order valence-electron chi connectivity index (χ2n) is 11.9. The minimum absolute atomic E-state index is 0.0227. The number of aromatic nitrogens is 2. The van der Waals surface area contributed by atoms with Gasteiger partial charge in [0.1, 0.15) is 17.6 Å². The van der Waals surface area contributed by atoms with Crippen molar-refractivity contribution in [2.24, 2.45) is 0 Å². The fourth-order valence-corrected chi connectivity index (χ4v) is 6.85. The van der Waals surface area contributed by atoms with Gasteiger partial charge >= 0.3 is 0 Å². The smallest absolute Gasteiger partial charge is 0.299 e. The molecule has 0 saturated heterocycles. The molecule has 0 bridgehead atoms. The quantitative estimate of drug-likeness (QED) is 0.166. The third-order valence-electron chi connectivity index (χ3n) is 8.55. The van der Waals surface area contributed by atoms with Crippen LogP contribution < -0.4 is 15.1 Å². The molecule has 49 heavy (non-hydrogen) atoms. The predicted molar refractivity (Wildman–Crippen MR) is 192 cm³/mol. The fourth-order valence-electron chi connectivity index (χ4n) is 6.05. The van der Waals surface area contributed by atoms with Crippen LogP contribution in [0.15, 0.2) is 115 Å². The van der Waals surface area contributed by atoms with Crippen LogP contribution in [0.5, 0.6) is 0 Å². The Kier molecular flexibility index (Phi) is 8.50. The number of H-pyrrole nitrogens is 1. The molecule has 0 fully saturated rings. The molecule has 1 atom stereocenters. The Balaban J connectivity index is 1.30. The zero-order valence-electron chi connectivity index (χ0n) is 26.8. The summed E-state index contributed by atoms with van der Waals surface area (Å²) in [6, 6.07) is 30.1. The van der Waals surface area contributed by atoms with Gasteiger partial charge in [0.05, 0.1) is 23.5 Å². The van der Waals surface area contributed by atoms with E-state index in [-0.39, 0.29) is 12.1 Å². The Hall–Kier alpha value is -6.07. The maximum absolute atomic E-state index is 14.6. The van der Waals surface area contributed by atoms with Crippen molar-refractivity contribution in [3.63, 3.8) is 0 Å². The molecular formula is C38H32N6O4S. The lowest BCUT2D eigenvalue weighted by Crippen LogP contribution is -2.46. The van der Waals surface area contributed by atoms with Gasteiger partial charge in [-0.15, -0.1) is 11.3 Å². The van der Waals surface area contributed by atoms with E-state index < -0.39 is 36.1 Å². The van der Waals surface area contributed by atoms with E-state index in [1.165, 1.54) is 21.1 Å². The highest BCUT2D eigenvalue weighted by Crippen LogP contribution is 2.34. The van der Waals surface area contributed by atoms with E-state index in [0.29, 0.717) is 21.9 Å². The summed E-state index contributed by atoms with van der Waals surface area (Å²) in [5.74, 6) is -2.43. The van der Waals surface area contributed by atoms with Gasteiger partial charge in [0, 0.05) is 59.1 Å². The van der Waals surface area contributed by atoms with Gasteiger partial charge < -0.3 is 20.1 Å². The Morgan fingerprint density at radius 1 is 0.898 bits per heavy atom. The Morgan fingerprint density at radius 3 is 2.39 bits per heavy atom. The van der Waals surface area contributed by atoms with Gasteiger partial charge in [0.25, 0.3) is 17.6 Å². The number of carbonyl (C=O) groups excluding carboxylic acids is 4. The van der Waals surface area contributed by atoms with E-state index in [1.807, 2.05) is 103 Å². The first kappa shape index (κ1) is 31.5. The van der Waals surface area contributed by atoms with Crippen molar-refractivity contribution in [2.75, 3.05) is 35.8 Å². The van der Waals surface area contributed by atoms with Gasteiger partial charge in [-0.25, -0.2) is 4.98 Å². The summed E-state index contributed by atoms with van der Waals surface area (Å²) >= 11 is 1.38. The monoisotopic (exact) mass is 668 g/mol. The van der Waals surface area contributed by atoms with Gasteiger partial charge in [-0.3, -0.25) is 24.1 Å². The number of aromatic amines is 1. The van der Waals surface area contributed by atoms with Crippen molar-refractivity contribution in [3.8, 4) is 11.3 Å². The van der Waals surface area contributed by atoms with Crippen LogP contribution in [0.2, 0.25) is 0 Å². The summed E-state index contributed by atoms with van der Waals surface area (Å²) in [6.07, 6.45) is 1.74. The summed E-state index contributed by atoms with van der Waals surface area (Å²) < 4.78 is 0. The van der Waals surface area contributed by atoms with Gasteiger partial charge in [-0.2, -0.15) is 0 Å². The van der Waals surface area contributed by atoms with Crippen LogP contribution in [-0.4, -0.2) is 59.0 Å². The van der Waals surface area contributed by atoms with E-state index >= 15 is 0 Å². The lowest BCUT2D eigenvalue weighted by atomic mass is 10.0. The average molecular weight is 669 g/mol. The van der Waals surface area contributed by atoms with E-state index in [0.717, 1.165) is 27.8 Å². The molecule has 0 aliphatic carbocycles. The molecule has 1 aliphatic rings. The summed E-state index contributed by atoms with van der Waals surface area (Å²) in [5.41, 5.74) is 5.17. The maximum Gasteiger partial charge on any atom is 0.299 e. The molecule has 0 saturated carbocycles. The van der Waals surface area contributed by atoms with E-state index in [4.69, 9.17) is 4.98 Å². The second-order valence-corrected chi connectivity index (χ2v) is 12.8. The highest BCUT2D eigenvalue weighted by atomic mass is 32.1. The van der Waals surface area contributed by atoms with Crippen molar-refractivity contribution in [2.45, 2.75) is 12.6 Å². The molecule has 244 valence electrons. The number of hydrogen-bond donors (Lipinski definition) is 2. The number of benzene rings is 4.